The number of amidine groups is 1. The SMILES string of the molecule is CCCn1ncnc1CN(CC)CC(C)C(=N)N. The highest BCUT2D eigenvalue weighted by atomic mass is 15.3. The number of aryl methyl sites for hydroxylation is 1. The van der Waals surface area contributed by atoms with Crippen molar-refractivity contribution >= 4 is 5.84 Å². The van der Waals surface area contributed by atoms with Crippen LogP contribution in [0, 0.1) is 11.3 Å². The Morgan fingerprint density at radius 1 is 1.56 bits per heavy atom. The molecule has 0 aliphatic carbocycles. The maximum atomic E-state index is 7.44. The van der Waals surface area contributed by atoms with E-state index < -0.39 is 0 Å². The third-order valence-corrected chi connectivity index (χ3v) is 3.01. The Morgan fingerprint density at radius 3 is 2.83 bits per heavy atom. The molecule has 1 atom stereocenters. The van der Waals surface area contributed by atoms with Gasteiger partial charge in [0.15, 0.2) is 0 Å². The Balaban J connectivity index is 2.61. The number of nitrogens with two attached hydrogens (primary N) is 1. The summed E-state index contributed by atoms with van der Waals surface area (Å²) >= 11 is 0. The second-order valence-electron chi connectivity index (χ2n) is 4.58. The second-order valence-corrected chi connectivity index (χ2v) is 4.58. The van der Waals surface area contributed by atoms with Crippen LogP contribution in [0.1, 0.15) is 33.0 Å². The number of nitrogens with one attached hydrogen (secondary N) is 1. The summed E-state index contributed by atoms with van der Waals surface area (Å²) in [6.07, 6.45) is 2.65. The van der Waals surface area contributed by atoms with Crippen LogP contribution in [0.3, 0.4) is 0 Å². The molecule has 6 nitrogen and oxygen atoms in total. The molecule has 0 saturated heterocycles. The summed E-state index contributed by atoms with van der Waals surface area (Å²) in [5.74, 6) is 1.30. The lowest BCUT2D eigenvalue weighted by Gasteiger charge is -2.23. The molecule has 0 aromatic carbocycles. The van der Waals surface area contributed by atoms with Crippen LogP contribution >= 0.6 is 0 Å². The lowest BCUT2D eigenvalue weighted by Crippen LogP contribution is -2.34. The van der Waals surface area contributed by atoms with Crippen molar-refractivity contribution in [1.29, 1.82) is 5.41 Å². The maximum Gasteiger partial charge on any atom is 0.141 e. The summed E-state index contributed by atoms with van der Waals surface area (Å²) in [5, 5.41) is 11.7. The quantitative estimate of drug-likeness (QED) is 0.535. The first kappa shape index (κ1) is 14.6. The van der Waals surface area contributed by atoms with Crippen LogP contribution in [-0.4, -0.2) is 38.6 Å². The standard InChI is InChI=1S/C12H24N6/c1-4-6-18-11(15-9-16-18)8-17(5-2)7-10(3)12(13)14/h9-10H,4-8H2,1-3H3,(H3,13,14). The number of aromatic nitrogens is 3. The molecule has 0 amide bonds. The van der Waals surface area contributed by atoms with E-state index in [-0.39, 0.29) is 11.8 Å². The van der Waals surface area contributed by atoms with E-state index in [0.29, 0.717) is 0 Å². The lowest BCUT2D eigenvalue weighted by molar-refractivity contribution is 0.251. The highest BCUT2D eigenvalue weighted by Gasteiger charge is 2.14. The van der Waals surface area contributed by atoms with Gasteiger partial charge in [-0.2, -0.15) is 5.10 Å². The van der Waals surface area contributed by atoms with Gasteiger partial charge in [-0.25, -0.2) is 9.67 Å². The summed E-state index contributed by atoms with van der Waals surface area (Å²) in [6.45, 7) is 9.56. The van der Waals surface area contributed by atoms with Crippen molar-refractivity contribution in [2.75, 3.05) is 13.1 Å². The second kappa shape index (κ2) is 7.10. The summed E-state index contributed by atoms with van der Waals surface area (Å²) in [6, 6.07) is 0. The molecule has 1 unspecified atom stereocenters. The van der Waals surface area contributed by atoms with Gasteiger partial charge in [0.25, 0.3) is 0 Å². The van der Waals surface area contributed by atoms with Gasteiger partial charge < -0.3 is 5.73 Å². The molecule has 102 valence electrons. The van der Waals surface area contributed by atoms with E-state index >= 15 is 0 Å². The lowest BCUT2D eigenvalue weighted by atomic mass is 10.1. The maximum absolute atomic E-state index is 7.44. The van der Waals surface area contributed by atoms with E-state index in [4.69, 9.17) is 11.1 Å². The van der Waals surface area contributed by atoms with Crippen molar-refractivity contribution in [1.82, 2.24) is 19.7 Å². The summed E-state index contributed by atoms with van der Waals surface area (Å²) in [4.78, 5) is 6.54. The fourth-order valence-electron chi connectivity index (χ4n) is 1.80. The van der Waals surface area contributed by atoms with Crippen LogP contribution in [0.5, 0.6) is 0 Å². The van der Waals surface area contributed by atoms with Gasteiger partial charge in [0.2, 0.25) is 0 Å². The molecule has 0 aliphatic heterocycles. The summed E-state index contributed by atoms with van der Waals surface area (Å²) in [7, 11) is 0. The minimum Gasteiger partial charge on any atom is -0.387 e. The van der Waals surface area contributed by atoms with Crippen molar-refractivity contribution in [3.63, 3.8) is 0 Å². The summed E-state index contributed by atoms with van der Waals surface area (Å²) in [5.41, 5.74) is 5.51. The molecule has 0 spiro atoms. The number of nitrogens with zero attached hydrogens (tertiary/aromatic N) is 4. The monoisotopic (exact) mass is 252 g/mol. The van der Waals surface area contributed by atoms with E-state index in [2.05, 4.69) is 28.8 Å². The summed E-state index contributed by atoms with van der Waals surface area (Å²) < 4.78 is 1.95. The topological polar surface area (TPSA) is 83.8 Å². The molecular weight excluding hydrogens is 228 g/mol. The largest absolute Gasteiger partial charge is 0.387 e. The molecule has 0 saturated carbocycles. The van der Waals surface area contributed by atoms with E-state index in [1.165, 1.54) is 0 Å². The van der Waals surface area contributed by atoms with Gasteiger partial charge in [0.1, 0.15) is 12.2 Å². The zero-order valence-electron chi connectivity index (χ0n) is 11.6. The predicted molar refractivity (Wildman–Crippen MR) is 72.3 cm³/mol. The minimum atomic E-state index is 0.0764. The van der Waals surface area contributed by atoms with Crippen molar-refractivity contribution in [2.24, 2.45) is 11.7 Å². The van der Waals surface area contributed by atoms with Gasteiger partial charge in [0.05, 0.1) is 12.4 Å². The van der Waals surface area contributed by atoms with Crippen LogP contribution in [0.25, 0.3) is 0 Å². The van der Waals surface area contributed by atoms with E-state index in [1.54, 1.807) is 6.33 Å². The first-order chi connectivity index (χ1) is 8.58. The van der Waals surface area contributed by atoms with Gasteiger partial charge >= 0.3 is 0 Å². The third kappa shape index (κ3) is 4.10. The Hall–Kier alpha value is -1.43. The van der Waals surface area contributed by atoms with Crippen LogP contribution in [0.15, 0.2) is 6.33 Å². The molecule has 1 rings (SSSR count). The highest BCUT2D eigenvalue weighted by Crippen LogP contribution is 2.05. The Labute approximate surface area is 109 Å². The third-order valence-electron chi connectivity index (χ3n) is 3.01. The van der Waals surface area contributed by atoms with Crippen LogP contribution < -0.4 is 5.73 Å². The average molecular weight is 252 g/mol. The van der Waals surface area contributed by atoms with Gasteiger partial charge in [-0.3, -0.25) is 10.3 Å². The van der Waals surface area contributed by atoms with E-state index in [0.717, 1.165) is 38.4 Å². The van der Waals surface area contributed by atoms with Crippen LogP contribution in [0.4, 0.5) is 0 Å². The average Bonchev–Trinajstić information content (AvgIpc) is 2.76. The molecule has 3 N–H and O–H groups in total. The first-order valence-corrected chi connectivity index (χ1v) is 6.51. The smallest absolute Gasteiger partial charge is 0.141 e. The first-order valence-electron chi connectivity index (χ1n) is 6.51. The highest BCUT2D eigenvalue weighted by molar-refractivity contribution is 5.79. The minimum absolute atomic E-state index is 0.0764. The fraction of sp³-hybridized carbons (Fsp3) is 0.750. The van der Waals surface area contributed by atoms with Crippen molar-refractivity contribution in [3.8, 4) is 0 Å². The molecule has 1 aromatic heterocycles. The molecule has 1 aromatic rings. The molecule has 0 aliphatic rings. The molecule has 18 heavy (non-hydrogen) atoms. The van der Waals surface area contributed by atoms with Crippen LogP contribution in [0.2, 0.25) is 0 Å². The van der Waals surface area contributed by atoms with Crippen molar-refractivity contribution in [2.45, 2.75) is 40.3 Å². The number of hydrogen-bond donors (Lipinski definition) is 2. The Morgan fingerprint density at radius 2 is 2.28 bits per heavy atom. The van der Waals surface area contributed by atoms with Gasteiger partial charge in [-0.15, -0.1) is 0 Å². The molecule has 6 heteroatoms. The molecule has 0 radical (unpaired) electrons. The molecular formula is C12H24N6. The number of rotatable bonds is 8. The van der Waals surface area contributed by atoms with Crippen LogP contribution in [-0.2, 0) is 13.1 Å². The fourth-order valence-corrected chi connectivity index (χ4v) is 1.80. The van der Waals surface area contributed by atoms with Gasteiger partial charge in [-0.05, 0) is 13.0 Å². The zero-order valence-corrected chi connectivity index (χ0v) is 11.6. The zero-order chi connectivity index (χ0) is 13.5. The Kier molecular flexibility index (Phi) is 5.77. The molecule has 1 heterocycles. The molecule has 0 bridgehead atoms. The van der Waals surface area contributed by atoms with E-state index in [9.17, 15) is 0 Å². The molecule has 0 fully saturated rings. The van der Waals surface area contributed by atoms with Crippen molar-refractivity contribution in [3.05, 3.63) is 12.2 Å². The Bertz CT molecular complexity index is 372. The van der Waals surface area contributed by atoms with Crippen molar-refractivity contribution < 1.29 is 0 Å². The van der Waals surface area contributed by atoms with Gasteiger partial charge in [-0.1, -0.05) is 20.8 Å². The normalized spacial score (nSPS) is 12.9. The number of hydrogen-bond acceptors (Lipinski definition) is 4. The van der Waals surface area contributed by atoms with Gasteiger partial charge in [0, 0.05) is 19.0 Å². The van der Waals surface area contributed by atoms with E-state index in [1.807, 2.05) is 11.6 Å². The predicted octanol–water partition coefficient (Wildman–Crippen LogP) is 1.08.